The van der Waals surface area contributed by atoms with Gasteiger partial charge in [0.05, 0.1) is 22.9 Å². The summed E-state index contributed by atoms with van der Waals surface area (Å²) in [6.45, 7) is 2.21. The minimum absolute atomic E-state index is 0.00269. The van der Waals surface area contributed by atoms with E-state index in [0.29, 0.717) is 26.9 Å². The van der Waals surface area contributed by atoms with Gasteiger partial charge in [-0.25, -0.2) is 5.43 Å². The lowest BCUT2D eigenvalue weighted by Crippen LogP contribution is -2.17. The highest BCUT2D eigenvalue weighted by molar-refractivity contribution is 9.10. The maximum Gasteiger partial charge on any atom is 0.275 e. The molecular weight excluding hydrogens is 444 g/mol. The molecule has 0 bridgehead atoms. The van der Waals surface area contributed by atoms with E-state index in [1.807, 2.05) is 0 Å². The Morgan fingerprint density at radius 1 is 1.29 bits per heavy atom. The molecule has 3 N–H and O–H groups in total. The van der Waals surface area contributed by atoms with Gasteiger partial charge >= 0.3 is 0 Å². The van der Waals surface area contributed by atoms with E-state index in [4.69, 9.17) is 4.74 Å². The summed E-state index contributed by atoms with van der Waals surface area (Å²) in [5.74, 6) is -0.383. The molecule has 0 spiro atoms. The molecule has 1 amide bonds. The summed E-state index contributed by atoms with van der Waals surface area (Å²) in [5.41, 5.74) is 3.05. The van der Waals surface area contributed by atoms with Crippen molar-refractivity contribution in [2.24, 2.45) is 5.10 Å². The predicted octanol–water partition coefficient (Wildman–Crippen LogP) is 3.79. The molecule has 0 aliphatic heterocycles. The van der Waals surface area contributed by atoms with Gasteiger partial charge in [0.15, 0.2) is 11.5 Å². The maximum atomic E-state index is 12.0. The summed E-state index contributed by atoms with van der Waals surface area (Å²) in [6, 6.07) is 7.75. The van der Waals surface area contributed by atoms with Crippen LogP contribution in [0.25, 0.3) is 0 Å². The fraction of sp³-hybridized carbons (Fsp3) is 0.125. The zero-order valence-electron chi connectivity index (χ0n) is 12.6. The van der Waals surface area contributed by atoms with E-state index in [0.717, 1.165) is 0 Å². The molecule has 0 unspecified atom stereocenters. The average molecular weight is 458 g/mol. The zero-order chi connectivity index (χ0) is 17.7. The Morgan fingerprint density at radius 3 is 2.75 bits per heavy atom. The lowest BCUT2D eigenvalue weighted by Gasteiger charge is -2.08. The van der Waals surface area contributed by atoms with E-state index < -0.39 is 5.91 Å². The number of nitrogens with zero attached hydrogens (tertiary/aromatic N) is 1. The number of phenolic OH excluding ortho intramolecular Hbond substituents is 2. The van der Waals surface area contributed by atoms with Crippen molar-refractivity contribution in [2.45, 2.75) is 6.92 Å². The Labute approximate surface area is 155 Å². The van der Waals surface area contributed by atoms with Crippen molar-refractivity contribution in [1.29, 1.82) is 0 Å². The van der Waals surface area contributed by atoms with Gasteiger partial charge in [-0.15, -0.1) is 0 Å². The van der Waals surface area contributed by atoms with Crippen LogP contribution in [0.4, 0.5) is 0 Å². The SMILES string of the molecule is CCOc1cc(/C=N/NC(=O)c2cc(Br)ccc2O)cc(Br)c1O. The monoisotopic (exact) mass is 456 g/mol. The lowest BCUT2D eigenvalue weighted by atomic mass is 10.2. The van der Waals surface area contributed by atoms with E-state index in [1.54, 1.807) is 25.1 Å². The maximum absolute atomic E-state index is 12.0. The van der Waals surface area contributed by atoms with Crippen LogP contribution in [0.5, 0.6) is 17.2 Å². The van der Waals surface area contributed by atoms with Crippen molar-refractivity contribution in [2.75, 3.05) is 6.61 Å². The second-order valence-electron chi connectivity index (χ2n) is 4.64. The minimum atomic E-state index is -0.548. The highest BCUT2D eigenvalue weighted by atomic mass is 79.9. The second kappa shape index (κ2) is 8.16. The van der Waals surface area contributed by atoms with Crippen LogP contribution in [0.2, 0.25) is 0 Å². The van der Waals surface area contributed by atoms with E-state index in [-0.39, 0.29) is 17.1 Å². The molecular formula is C16H14Br2N2O4. The van der Waals surface area contributed by atoms with Crippen molar-refractivity contribution < 1.29 is 19.7 Å². The topological polar surface area (TPSA) is 91.2 Å². The second-order valence-corrected chi connectivity index (χ2v) is 6.41. The smallest absolute Gasteiger partial charge is 0.275 e. The van der Waals surface area contributed by atoms with Gasteiger partial charge in [-0.2, -0.15) is 5.10 Å². The molecule has 0 aliphatic carbocycles. The third kappa shape index (κ3) is 4.48. The fourth-order valence-electron chi connectivity index (χ4n) is 1.85. The third-order valence-electron chi connectivity index (χ3n) is 2.93. The first-order chi connectivity index (χ1) is 11.4. The first-order valence-corrected chi connectivity index (χ1v) is 8.48. The molecule has 24 heavy (non-hydrogen) atoms. The summed E-state index contributed by atoms with van der Waals surface area (Å²) < 4.78 is 6.43. The number of hydrogen-bond donors (Lipinski definition) is 3. The number of ether oxygens (including phenoxy) is 1. The van der Waals surface area contributed by atoms with E-state index in [9.17, 15) is 15.0 Å². The molecule has 2 aromatic carbocycles. The van der Waals surface area contributed by atoms with Gasteiger partial charge < -0.3 is 14.9 Å². The standard InChI is InChI=1S/C16H14Br2N2O4/c1-2-24-14-6-9(5-12(18)15(14)22)8-19-20-16(23)11-7-10(17)3-4-13(11)21/h3-8,21-22H,2H2,1H3,(H,20,23)/b19-8+. The predicted molar refractivity (Wildman–Crippen MR) is 97.8 cm³/mol. The number of halogens is 2. The molecule has 0 saturated carbocycles. The largest absolute Gasteiger partial charge is 0.507 e. The van der Waals surface area contributed by atoms with Crippen molar-refractivity contribution in [3.63, 3.8) is 0 Å². The van der Waals surface area contributed by atoms with Gasteiger partial charge in [0.2, 0.25) is 0 Å². The van der Waals surface area contributed by atoms with E-state index in [2.05, 4.69) is 42.4 Å². The molecule has 0 heterocycles. The van der Waals surface area contributed by atoms with Crippen LogP contribution < -0.4 is 10.2 Å². The van der Waals surface area contributed by atoms with Crippen LogP contribution in [-0.2, 0) is 0 Å². The molecule has 0 fully saturated rings. The van der Waals surface area contributed by atoms with E-state index >= 15 is 0 Å². The highest BCUT2D eigenvalue weighted by Crippen LogP contribution is 2.35. The highest BCUT2D eigenvalue weighted by Gasteiger charge is 2.11. The fourth-order valence-corrected chi connectivity index (χ4v) is 2.67. The van der Waals surface area contributed by atoms with Crippen LogP contribution in [-0.4, -0.2) is 28.9 Å². The average Bonchev–Trinajstić information content (AvgIpc) is 2.54. The lowest BCUT2D eigenvalue weighted by molar-refractivity contribution is 0.0952. The third-order valence-corrected chi connectivity index (χ3v) is 4.03. The molecule has 0 radical (unpaired) electrons. The summed E-state index contributed by atoms with van der Waals surface area (Å²) in [4.78, 5) is 12.0. The number of carbonyl (C=O) groups is 1. The van der Waals surface area contributed by atoms with Crippen molar-refractivity contribution in [1.82, 2.24) is 5.43 Å². The summed E-state index contributed by atoms with van der Waals surface area (Å²) in [7, 11) is 0. The Hall–Kier alpha value is -2.06. The van der Waals surface area contributed by atoms with E-state index in [1.165, 1.54) is 18.3 Å². The van der Waals surface area contributed by atoms with Gasteiger partial charge in [-0.3, -0.25) is 4.79 Å². The Kier molecular flexibility index (Phi) is 6.22. The first kappa shape index (κ1) is 18.3. The molecule has 8 heteroatoms. The number of hydrogen-bond acceptors (Lipinski definition) is 5. The molecule has 0 atom stereocenters. The van der Waals surface area contributed by atoms with Crippen LogP contribution in [0.1, 0.15) is 22.8 Å². The Balaban J connectivity index is 2.14. The number of amides is 1. The van der Waals surface area contributed by atoms with Gasteiger partial charge in [0, 0.05) is 4.47 Å². The van der Waals surface area contributed by atoms with Crippen LogP contribution in [0.3, 0.4) is 0 Å². The molecule has 126 valence electrons. The minimum Gasteiger partial charge on any atom is -0.507 e. The summed E-state index contributed by atoms with van der Waals surface area (Å²) in [6.07, 6.45) is 1.40. The Bertz CT molecular complexity index is 794. The molecule has 2 aromatic rings. The molecule has 0 saturated heterocycles. The number of hydrazone groups is 1. The van der Waals surface area contributed by atoms with Crippen LogP contribution in [0.15, 0.2) is 44.4 Å². The van der Waals surface area contributed by atoms with Gasteiger partial charge in [0.1, 0.15) is 5.75 Å². The number of nitrogens with one attached hydrogen (secondary N) is 1. The summed E-state index contributed by atoms with van der Waals surface area (Å²) >= 11 is 6.46. The molecule has 0 aromatic heterocycles. The van der Waals surface area contributed by atoms with Crippen LogP contribution >= 0.6 is 31.9 Å². The number of benzene rings is 2. The Morgan fingerprint density at radius 2 is 2.04 bits per heavy atom. The first-order valence-electron chi connectivity index (χ1n) is 6.89. The molecule has 2 rings (SSSR count). The number of rotatable bonds is 5. The van der Waals surface area contributed by atoms with Crippen molar-refractivity contribution in [3.05, 3.63) is 50.4 Å². The molecule has 6 nitrogen and oxygen atoms in total. The van der Waals surface area contributed by atoms with Crippen molar-refractivity contribution in [3.8, 4) is 17.2 Å². The van der Waals surface area contributed by atoms with Crippen LogP contribution in [0, 0.1) is 0 Å². The summed E-state index contributed by atoms with van der Waals surface area (Å²) in [5, 5.41) is 23.4. The molecule has 0 aliphatic rings. The van der Waals surface area contributed by atoms with Gasteiger partial charge in [-0.05, 0) is 58.7 Å². The van der Waals surface area contributed by atoms with Crippen molar-refractivity contribution >= 4 is 44.0 Å². The quantitative estimate of drug-likeness (QED) is 0.470. The number of aromatic hydroxyl groups is 2. The normalized spacial score (nSPS) is 10.8. The number of phenols is 2. The van der Waals surface area contributed by atoms with Gasteiger partial charge in [0.25, 0.3) is 5.91 Å². The zero-order valence-corrected chi connectivity index (χ0v) is 15.8. The number of carbonyl (C=O) groups excluding carboxylic acids is 1. The van der Waals surface area contributed by atoms with Gasteiger partial charge in [-0.1, -0.05) is 15.9 Å².